The van der Waals surface area contributed by atoms with Gasteiger partial charge in [0.1, 0.15) is 10.8 Å². The maximum Gasteiger partial charge on any atom is 0.331 e. The quantitative estimate of drug-likeness (QED) is 0.461. The first-order valence-corrected chi connectivity index (χ1v) is 9.48. The number of ether oxygens (including phenoxy) is 1. The number of para-hydroxylation sites is 1. The van der Waals surface area contributed by atoms with Crippen molar-refractivity contribution in [1.29, 1.82) is 0 Å². The molecule has 1 heterocycles. The first kappa shape index (κ1) is 19.7. The maximum absolute atomic E-state index is 13.5. The molecule has 0 aliphatic heterocycles. The van der Waals surface area contributed by atoms with Crippen LogP contribution in [0.1, 0.15) is 23.5 Å². The van der Waals surface area contributed by atoms with E-state index in [-0.39, 0.29) is 17.5 Å². The van der Waals surface area contributed by atoms with Crippen LogP contribution in [0.3, 0.4) is 0 Å². The predicted molar refractivity (Wildman–Crippen MR) is 107 cm³/mol. The van der Waals surface area contributed by atoms with Crippen molar-refractivity contribution in [2.45, 2.75) is 13.0 Å². The van der Waals surface area contributed by atoms with Crippen LogP contribution < -0.4 is 0 Å². The Bertz CT molecular complexity index is 998. The molecule has 0 saturated heterocycles. The number of hydrogen-bond donors (Lipinski definition) is 0. The normalized spacial score (nSPS) is 12.2. The molecule has 0 unspecified atom stereocenters. The van der Waals surface area contributed by atoms with E-state index < -0.39 is 18.4 Å². The topological polar surface area (TPSA) is 59.5 Å². The lowest BCUT2D eigenvalue weighted by Crippen LogP contribution is -2.33. The van der Waals surface area contributed by atoms with Crippen LogP contribution in [-0.2, 0) is 14.3 Å². The van der Waals surface area contributed by atoms with Crippen LogP contribution in [0.15, 0.2) is 54.6 Å². The summed E-state index contributed by atoms with van der Waals surface area (Å²) in [5.41, 5.74) is 1.16. The minimum atomic E-state index is -0.711. The molecule has 1 amide bonds. The van der Waals surface area contributed by atoms with Crippen LogP contribution in [-0.4, -0.2) is 35.4 Å². The number of aromatic nitrogens is 1. The van der Waals surface area contributed by atoms with Crippen molar-refractivity contribution >= 4 is 39.5 Å². The number of hydrogen-bond acceptors (Lipinski definition) is 5. The standard InChI is InChI=1S/C21H19FN2O3S/c1-14(21-23-17-9-5-6-10-18(17)28-21)24(2)19(25)13-27-20(26)12-11-15-7-3-4-8-16(15)22/h3-12,14H,13H2,1-2H3/b12-11+/t14-/m0/s1. The van der Waals surface area contributed by atoms with Gasteiger partial charge in [-0.1, -0.05) is 30.3 Å². The third-order valence-corrected chi connectivity index (χ3v) is 5.49. The first-order valence-electron chi connectivity index (χ1n) is 8.66. The number of esters is 1. The van der Waals surface area contributed by atoms with E-state index in [2.05, 4.69) is 4.98 Å². The first-order chi connectivity index (χ1) is 13.5. The molecule has 0 saturated carbocycles. The number of thiazole rings is 1. The fourth-order valence-electron chi connectivity index (χ4n) is 2.50. The Labute approximate surface area is 166 Å². The Kier molecular flexibility index (Phi) is 6.16. The van der Waals surface area contributed by atoms with Gasteiger partial charge >= 0.3 is 5.97 Å². The fourth-order valence-corrected chi connectivity index (χ4v) is 3.56. The average Bonchev–Trinajstić information content (AvgIpc) is 3.14. The molecule has 0 bridgehead atoms. The number of likely N-dealkylation sites (N-methyl/N-ethyl adjacent to an activating group) is 1. The lowest BCUT2D eigenvalue weighted by molar-refractivity contribution is -0.148. The van der Waals surface area contributed by atoms with E-state index in [0.717, 1.165) is 21.3 Å². The Hall–Kier alpha value is -3.06. The number of amides is 1. The Morgan fingerprint density at radius 1 is 1.21 bits per heavy atom. The van der Waals surface area contributed by atoms with Gasteiger partial charge in [-0.05, 0) is 31.2 Å². The van der Waals surface area contributed by atoms with Gasteiger partial charge in [-0.15, -0.1) is 11.3 Å². The zero-order valence-corrected chi connectivity index (χ0v) is 16.3. The molecule has 28 heavy (non-hydrogen) atoms. The molecule has 0 fully saturated rings. The third kappa shape index (κ3) is 4.61. The number of nitrogens with zero attached hydrogens (tertiary/aromatic N) is 2. The SMILES string of the molecule is C[C@@H](c1nc2ccccc2s1)N(C)C(=O)COC(=O)/C=C/c1ccccc1F. The molecule has 0 radical (unpaired) electrons. The highest BCUT2D eigenvalue weighted by Gasteiger charge is 2.21. The van der Waals surface area contributed by atoms with Crippen molar-refractivity contribution < 1.29 is 18.7 Å². The van der Waals surface area contributed by atoms with E-state index in [0.29, 0.717) is 0 Å². The number of halogens is 1. The number of benzene rings is 2. The number of carbonyl (C=O) groups is 2. The number of rotatable bonds is 6. The van der Waals surface area contributed by atoms with Crippen molar-refractivity contribution in [2.75, 3.05) is 13.7 Å². The summed E-state index contributed by atoms with van der Waals surface area (Å²) in [6, 6.07) is 13.6. The van der Waals surface area contributed by atoms with Gasteiger partial charge in [-0.2, -0.15) is 0 Å². The van der Waals surface area contributed by atoms with Gasteiger partial charge in [-0.25, -0.2) is 14.2 Å². The van der Waals surface area contributed by atoms with Crippen LogP contribution in [0, 0.1) is 5.82 Å². The summed E-state index contributed by atoms with van der Waals surface area (Å²) in [7, 11) is 1.64. The van der Waals surface area contributed by atoms with Crippen molar-refractivity contribution in [3.8, 4) is 0 Å². The zero-order valence-electron chi connectivity index (χ0n) is 15.5. The number of carbonyl (C=O) groups excluding carboxylic acids is 2. The minimum Gasteiger partial charge on any atom is -0.452 e. The monoisotopic (exact) mass is 398 g/mol. The van der Waals surface area contributed by atoms with Crippen LogP contribution in [0.25, 0.3) is 16.3 Å². The van der Waals surface area contributed by atoms with Gasteiger partial charge in [-0.3, -0.25) is 4.79 Å². The van der Waals surface area contributed by atoms with E-state index >= 15 is 0 Å². The van der Waals surface area contributed by atoms with E-state index in [1.807, 2.05) is 31.2 Å². The smallest absolute Gasteiger partial charge is 0.331 e. The summed E-state index contributed by atoms with van der Waals surface area (Å²) in [4.78, 5) is 30.2. The van der Waals surface area contributed by atoms with E-state index in [9.17, 15) is 14.0 Å². The van der Waals surface area contributed by atoms with Crippen LogP contribution in [0.5, 0.6) is 0 Å². The highest BCUT2D eigenvalue weighted by atomic mass is 32.1. The van der Waals surface area contributed by atoms with Crippen molar-refractivity contribution in [2.24, 2.45) is 0 Å². The zero-order chi connectivity index (χ0) is 20.1. The molecule has 1 atom stereocenters. The second-order valence-corrected chi connectivity index (χ2v) is 7.23. The molecule has 144 valence electrons. The Balaban J connectivity index is 1.56. The summed E-state index contributed by atoms with van der Waals surface area (Å²) < 4.78 is 19.5. The lowest BCUT2D eigenvalue weighted by Gasteiger charge is -2.22. The van der Waals surface area contributed by atoms with Crippen LogP contribution in [0.2, 0.25) is 0 Å². The summed E-state index contributed by atoms with van der Waals surface area (Å²) in [6.07, 6.45) is 2.41. The Morgan fingerprint density at radius 3 is 2.68 bits per heavy atom. The highest BCUT2D eigenvalue weighted by Crippen LogP contribution is 2.28. The molecule has 7 heteroatoms. The van der Waals surface area contributed by atoms with Gasteiger partial charge in [0.05, 0.1) is 16.3 Å². The molecule has 0 aliphatic carbocycles. The molecule has 0 aliphatic rings. The second kappa shape index (κ2) is 8.75. The van der Waals surface area contributed by atoms with E-state index in [4.69, 9.17) is 4.74 Å². The minimum absolute atomic E-state index is 0.252. The van der Waals surface area contributed by atoms with Gasteiger partial charge in [0.15, 0.2) is 6.61 Å². The molecule has 3 rings (SSSR count). The van der Waals surface area contributed by atoms with Gasteiger partial charge in [0, 0.05) is 18.7 Å². The molecule has 3 aromatic rings. The van der Waals surface area contributed by atoms with Crippen LogP contribution >= 0.6 is 11.3 Å². The summed E-state index contributed by atoms with van der Waals surface area (Å²) in [6.45, 7) is 1.47. The summed E-state index contributed by atoms with van der Waals surface area (Å²) >= 11 is 1.52. The predicted octanol–water partition coefficient (Wildman–Crippen LogP) is 4.21. The van der Waals surface area contributed by atoms with E-state index in [1.165, 1.54) is 34.4 Å². The summed E-state index contributed by atoms with van der Waals surface area (Å²) in [5.74, 6) is -1.50. The highest BCUT2D eigenvalue weighted by molar-refractivity contribution is 7.18. The molecule has 1 aromatic heterocycles. The molecular weight excluding hydrogens is 379 g/mol. The van der Waals surface area contributed by atoms with Crippen LogP contribution in [0.4, 0.5) is 4.39 Å². The molecule has 0 spiro atoms. The maximum atomic E-state index is 13.5. The summed E-state index contributed by atoms with van der Waals surface area (Å²) in [5, 5.41) is 0.808. The third-order valence-electron chi connectivity index (χ3n) is 4.28. The Morgan fingerprint density at radius 2 is 1.93 bits per heavy atom. The largest absolute Gasteiger partial charge is 0.452 e. The molecule has 0 N–H and O–H groups in total. The molecular formula is C21H19FN2O3S. The fraction of sp³-hybridized carbons (Fsp3) is 0.190. The van der Waals surface area contributed by atoms with Crippen molar-refractivity contribution in [3.63, 3.8) is 0 Å². The van der Waals surface area contributed by atoms with Crippen molar-refractivity contribution in [1.82, 2.24) is 9.88 Å². The average molecular weight is 398 g/mol. The van der Waals surface area contributed by atoms with Gasteiger partial charge in [0.25, 0.3) is 5.91 Å². The number of fused-ring (bicyclic) bond motifs is 1. The lowest BCUT2D eigenvalue weighted by atomic mass is 10.2. The van der Waals surface area contributed by atoms with Gasteiger partial charge in [0.2, 0.25) is 0 Å². The van der Waals surface area contributed by atoms with Gasteiger partial charge < -0.3 is 9.64 Å². The molecule has 2 aromatic carbocycles. The molecule has 5 nitrogen and oxygen atoms in total. The second-order valence-electron chi connectivity index (χ2n) is 6.16. The van der Waals surface area contributed by atoms with E-state index in [1.54, 1.807) is 19.2 Å². The van der Waals surface area contributed by atoms with Crippen molar-refractivity contribution in [3.05, 3.63) is 71.0 Å².